The van der Waals surface area contributed by atoms with Crippen molar-refractivity contribution in [3.05, 3.63) is 70.3 Å². The van der Waals surface area contributed by atoms with Crippen LogP contribution in [0.15, 0.2) is 48.0 Å². The van der Waals surface area contributed by atoms with Gasteiger partial charge in [0.25, 0.3) is 11.7 Å². The third kappa shape index (κ3) is 5.68. The molecule has 2 aromatic rings. The first-order chi connectivity index (χ1) is 16.2. The molecule has 6 nitrogen and oxygen atoms in total. The first kappa shape index (κ1) is 25.5. The molecule has 1 atom stereocenters. The van der Waals surface area contributed by atoms with Gasteiger partial charge in [-0.3, -0.25) is 9.59 Å². The minimum Gasteiger partial charge on any atom is -0.507 e. The molecule has 0 aromatic heterocycles. The lowest BCUT2D eigenvalue weighted by atomic mass is 9.93. The Balaban J connectivity index is 2.02. The molecule has 182 valence electrons. The van der Waals surface area contributed by atoms with E-state index >= 15 is 0 Å². The van der Waals surface area contributed by atoms with Crippen molar-refractivity contribution >= 4 is 17.4 Å². The van der Waals surface area contributed by atoms with Crippen LogP contribution in [0.3, 0.4) is 0 Å². The van der Waals surface area contributed by atoms with Crippen LogP contribution in [0.25, 0.3) is 5.76 Å². The van der Waals surface area contributed by atoms with Crippen LogP contribution in [0.5, 0.6) is 5.75 Å². The van der Waals surface area contributed by atoms with E-state index < -0.39 is 17.7 Å². The van der Waals surface area contributed by atoms with Crippen molar-refractivity contribution in [1.82, 2.24) is 9.80 Å². The maximum Gasteiger partial charge on any atom is 0.295 e. The molecule has 1 amide bonds. The fourth-order valence-corrected chi connectivity index (χ4v) is 4.19. The number of carbonyl (C=O) groups is 2. The molecule has 1 saturated heterocycles. The number of aryl methyl sites for hydroxylation is 2. The molecule has 0 spiro atoms. The summed E-state index contributed by atoms with van der Waals surface area (Å²) < 4.78 is 5.83. The summed E-state index contributed by atoms with van der Waals surface area (Å²) in [5.41, 5.74) is 3.29. The monoisotopic (exact) mass is 464 g/mol. The number of amides is 1. The van der Waals surface area contributed by atoms with Crippen molar-refractivity contribution in [3.63, 3.8) is 0 Å². The van der Waals surface area contributed by atoms with Crippen LogP contribution in [-0.4, -0.2) is 60.4 Å². The molecule has 1 fully saturated rings. The normalized spacial score (nSPS) is 17.6. The van der Waals surface area contributed by atoms with E-state index in [4.69, 9.17) is 4.74 Å². The second-order valence-corrected chi connectivity index (χ2v) is 9.24. The van der Waals surface area contributed by atoms with Crippen molar-refractivity contribution in [3.8, 4) is 5.75 Å². The molecular weight excluding hydrogens is 428 g/mol. The van der Waals surface area contributed by atoms with Gasteiger partial charge in [0.15, 0.2) is 0 Å². The van der Waals surface area contributed by atoms with Crippen LogP contribution in [0.1, 0.15) is 54.5 Å². The Bertz CT molecular complexity index is 1060. The lowest BCUT2D eigenvalue weighted by Gasteiger charge is -2.27. The van der Waals surface area contributed by atoms with Gasteiger partial charge in [0, 0.05) is 18.7 Å². The number of unbranched alkanes of at least 4 members (excludes halogenated alkanes) is 2. The second kappa shape index (κ2) is 11.3. The van der Waals surface area contributed by atoms with Crippen molar-refractivity contribution in [2.45, 2.75) is 46.1 Å². The fourth-order valence-electron chi connectivity index (χ4n) is 4.19. The molecule has 1 N–H and O–H groups in total. The highest BCUT2D eigenvalue weighted by Gasteiger charge is 2.46. The van der Waals surface area contributed by atoms with Gasteiger partial charge in [-0.05, 0) is 63.7 Å². The summed E-state index contributed by atoms with van der Waals surface area (Å²) in [6.45, 7) is 7.60. The maximum absolute atomic E-state index is 13.2. The van der Waals surface area contributed by atoms with Gasteiger partial charge >= 0.3 is 0 Å². The van der Waals surface area contributed by atoms with E-state index in [0.717, 1.165) is 41.7 Å². The van der Waals surface area contributed by atoms with Gasteiger partial charge in [-0.25, -0.2) is 0 Å². The summed E-state index contributed by atoms with van der Waals surface area (Å²) in [5, 5.41) is 11.3. The van der Waals surface area contributed by atoms with Crippen molar-refractivity contribution in [2.75, 3.05) is 33.8 Å². The van der Waals surface area contributed by atoms with Crippen LogP contribution in [0.4, 0.5) is 0 Å². The summed E-state index contributed by atoms with van der Waals surface area (Å²) in [6.07, 6.45) is 3.25. The largest absolute Gasteiger partial charge is 0.507 e. The lowest BCUT2D eigenvalue weighted by Crippen LogP contribution is -2.35. The van der Waals surface area contributed by atoms with E-state index in [-0.39, 0.29) is 11.3 Å². The van der Waals surface area contributed by atoms with Crippen molar-refractivity contribution < 1.29 is 19.4 Å². The van der Waals surface area contributed by atoms with Crippen LogP contribution in [0.2, 0.25) is 0 Å². The first-order valence-corrected chi connectivity index (χ1v) is 12.0. The van der Waals surface area contributed by atoms with Gasteiger partial charge in [0.05, 0.1) is 18.2 Å². The number of likely N-dealkylation sites (tertiary alicyclic amines) is 1. The van der Waals surface area contributed by atoms with E-state index in [0.29, 0.717) is 25.3 Å². The number of ketones is 1. The third-order valence-electron chi connectivity index (χ3n) is 6.19. The molecule has 1 unspecified atom stereocenters. The molecule has 0 saturated carbocycles. The maximum atomic E-state index is 13.2. The Morgan fingerprint density at radius 3 is 2.41 bits per heavy atom. The number of nitrogens with zero attached hydrogens (tertiary/aromatic N) is 2. The Hall–Kier alpha value is -3.12. The van der Waals surface area contributed by atoms with E-state index in [1.54, 1.807) is 4.90 Å². The van der Waals surface area contributed by atoms with Crippen molar-refractivity contribution in [1.29, 1.82) is 0 Å². The van der Waals surface area contributed by atoms with Crippen LogP contribution in [-0.2, 0) is 9.59 Å². The van der Waals surface area contributed by atoms with E-state index in [1.807, 2.05) is 75.3 Å². The van der Waals surface area contributed by atoms with Gasteiger partial charge in [-0.1, -0.05) is 49.6 Å². The quantitative estimate of drug-likeness (QED) is 0.235. The van der Waals surface area contributed by atoms with E-state index in [1.165, 1.54) is 0 Å². The molecule has 6 heteroatoms. The number of rotatable bonds is 10. The van der Waals surface area contributed by atoms with Gasteiger partial charge in [0.2, 0.25) is 0 Å². The number of Topliss-reactive ketones (excluding diaryl/α,β-unsaturated/α-hetero) is 1. The highest BCUT2D eigenvalue weighted by Crippen LogP contribution is 2.40. The average molecular weight is 465 g/mol. The Morgan fingerprint density at radius 1 is 1.06 bits per heavy atom. The minimum atomic E-state index is -0.658. The molecule has 1 heterocycles. The zero-order valence-corrected chi connectivity index (χ0v) is 20.9. The summed E-state index contributed by atoms with van der Waals surface area (Å²) >= 11 is 0. The molecule has 0 bridgehead atoms. The first-order valence-electron chi connectivity index (χ1n) is 12.0. The number of hydrogen-bond acceptors (Lipinski definition) is 5. The highest BCUT2D eigenvalue weighted by molar-refractivity contribution is 6.46. The SMILES string of the molecule is CCCCCOc1ccc(C2/C(=C(\O)c3cc(C)ccc3C)C(=O)C(=O)N2CCN(C)C)cc1. The standard InChI is InChI=1S/C28H36N2O4/c1-6-7-8-17-34-22-13-11-21(12-14-22)25-24(26(31)23-18-19(2)9-10-20(23)3)27(32)28(33)30(25)16-15-29(4)5/h9-14,18,25,31H,6-8,15-17H2,1-5H3/b26-24+. The Labute approximate surface area is 202 Å². The Morgan fingerprint density at radius 2 is 1.76 bits per heavy atom. The summed E-state index contributed by atoms with van der Waals surface area (Å²) in [4.78, 5) is 29.8. The number of aliphatic hydroxyl groups excluding tert-OH is 1. The van der Waals surface area contributed by atoms with Gasteiger partial charge in [-0.15, -0.1) is 0 Å². The van der Waals surface area contributed by atoms with Gasteiger partial charge in [-0.2, -0.15) is 0 Å². The van der Waals surface area contributed by atoms with E-state index in [2.05, 4.69) is 6.92 Å². The Kier molecular flexibility index (Phi) is 8.51. The summed E-state index contributed by atoms with van der Waals surface area (Å²) in [5.74, 6) is -0.614. The van der Waals surface area contributed by atoms with Crippen molar-refractivity contribution in [2.24, 2.45) is 0 Å². The van der Waals surface area contributed by atoms with Crippen LogP contribution in [0, 0.1) is 13.8 Å². The minimum absolute atomic E-state index is 0.128. The number of hydrogen-bond donors (Lipinski definition) is 1. The van der Waals surface area contributed by atoms with Crippen LogP contribution < -0.4 is 4.74 Å². The second-order valence-electron chi connectivity index (χ2n) is 9.24. The molecule has 0 radical (unpaired) electrons. The predicted molar refractivity (Wildman–Crippen MR) is 135 cm³/mol. The third-order valence-corrected chi connectivity index (χ3v) is 6.19. The van der Waals surface area contributed by atoms with E-state index in [9.17, 15) is 14.7 Å². The number of carbonyl (C=O) groups excluding carboxylic acids is 2. The molecule has 2 aromatic carbocycles. The van der Waals surface area contributed by atoms with Crippen LogP contribution >= 0.6 is 0 Å². The van der Waals surface area contributed by atoms with Gasteiger partial charge in [0.1, 0.15) is 11.5 Å². The predicted octanol–water partition coefficient (Wildman–Crippen LogP) is 4.86. The molecular formula is C28H36N2O4. The summed E-state index contributed by atoms with van der Waals surface area (Å²) in [7, 11) is 3.85. The topological polar surface area (TPSA) is 70.1 Å². The number of aliphatic hydroxyl groups is 1. The lowest BCUT2D eigenvalue weighted by molar-refractivity contribution is -0.140. The zero-order valence-electron chi connectivity index (χ0n) is 20.9. The fraction of sp³-hybridized carbons (Fsp3) is 0.429. The number of benzene rings is 2. The number of likely N-dealkylation sites (N-methyl/N-ethyl adjacent to an activating group) is 1. The molecule has 3 rings (SSSR count). The molecule has 0 aliphatic carbocycles. The highest BCUT2D eigenvalue weighted by atomic mass is 16.5. The smallest absolute Gasteiger partial charge is 0.295 e. The number of ether oxygens (including phenoxy) is 1. The van der Waals surface area contributed by atoms with Gasteiger partial charge < -0.3 is 19.6 Å². The molecule has 34 heavy (non-hydrogen) atoms. The molecule has 1 aliphatic heterocycles. The zero-order chi connectivity index (χ0) is 24.8. The molecule has 1 aliphatic rings. The average Bonchev–Trinajstić information content (AvgIpc) is 3.06. The summed E-state index contributed by atoms with van der Waals surface area (Å²) in [6, 6.07) is 12.5.